The summed E-state index contributed by atoms with van der Waals surface area (Å²) in [7, 11) is 1.88. The lowest BCUT2D eigenvalue weighted by Crippen LogP contribution is -2.43. The van der Waals surface area contributed by atoms with E-state index in [1.54, 1.807) is 0 Å². The zero-order valence-corrected chi connectivity index (χ0v) is 10.5. The smallest absolute Gasteiger partial charge is 0.227 e. The van der Waals surface area contributed by atoms with E-state index in [-0.39, 0.29) is 17.9 Å². The number of likely N-dealkylation sites (N-methyl/N-ethyl adjacent to an activating group) is 1. The Kier molecular flexibility index (Phi) is 4.49. The van der Waals surface area contributed by atoms with Gasteiger partial charge < -0.3 is 15.4 Å². The maximum atomic E-state index is 11.9. The summed E-state index contributed by atoms with van der Waals surface area (Å²) in [5.41, 5.74) is 0. The number of amides is 1. The molecule has 0 bridgehead atoms. The van der Waals surface area contributed by atoms with Gasteiger partial charge in [0.1, 0.15) is 0 Å². The van der Waals surface area contributed by atoms with Crippen LogP contribution in [0.1, 0.15) is 6.42 Å². The number of rotatable bonds is 4. The summed E-state index contributed by atoms with van der Waals surface area (Å²) in [6, 6.07) is 0.179. The molecule has 2 heterocycles. The van der Waals surface area contributed by atoms with Gasteiger partial charge in [-0.15, -0.1) is 0 Å². The van der Waals surface area contributed by atoms with Crippen LogP contribution in [0.15, 0.2) is 0 Å². The van der Waals surface area contributed by atoms with E-state index < -0.39 is 0 Å². The number of carbonyl (C=O) groups excluding carboxylic acids is 1. The highest BCUT2D eigenvalue weighted by molar-refractivity contribution is 7.99. The molecule has 5 heteroatoms. The minimum Gasteiger partial charge on any atom is -0.379 e. The lowest BCUT2D eigenvalue weighted by atomic mass is 10.0. The minimum absolute atomic E-state index is 0.0148. The van der Waals surface area contributed by atoms with Gasteiger partial charge in [-0.3, -0.25) is 4.79 Å². The van der Waals surface area contributed by atoms with Gasteiger partial charge >= 0.3 is 0 Å². The van der Waals surface area contributed by atoms with Crippen LogP contribution in [-0.4, -0.2) is 50.3 Å². The van der Waals surface area contributed by atoms with Crippen molar-refractivity contribution in [3.8, 4) is 0 Å². The Morgan fingerprint density at radius 3 is 3.06 bits per heavy atom. The summed E-state index contributed by atoms with van der Waals surface area (Å²) < 4.78 is 5.33. The third kappa shape index (κ3) is 2.90. The van der Waals surface area contributed by atoms with Crippen molar-refractivity contribution in [2.45, 2.75) is 12.5 Å². The molecule has 0 aromatic heterocycles. The molecule has 2 saturated heterocycles. The van der Waals surface area contributed by atoms with Gasteiger partial charge in [0, 0.05) is 12.6 Å². The number of nitrogens with one attached hydrogen (secondary N) is 2. The molecule has 92 valence electrons. The van der Waals surface area contributed by atoms with E-state index in [2.05, 4.69) is 10.6 Å². The zero-order valence-electron chi connectivity index (χ0n) is 9.70. The summed E-state index contributed by atoms with van der Waals surface area (Å²) >= 11 is 1.98. The second-order valence-electron chi connectivity index (χ2n) is 4.51. The number of hydrogen-bond acceptors (Lipinski definition) is 4. The maximum absolute atomic E-state index is 11.9. The Bertz CT molecular complexity index is 244. The van der Waals surface area contributed by atoms with Crippen LogP contribution in [0.3, 0.4) is 0 Å². The highest BCUT2D eigenvalue weighted by atomic mass is 32.2. The number of carbonyl (C=O) groups is 1. The number of ether oxygens (including phenoxy) is 1. The first kappa shape index (κ1) is 12.2. The molecule has 2 aliphatic heterocycles. The van der Waals surface area contributed by atoms with Crippen LogP contribution in [0.5, 0.6) is 0 Å². The molecule has 3 atom stereocenters. The van der Waals surface area contributed by atoms with Crippen molar-refractivity contribution in [3.63, 3.8) is 0 Å². The molecule has 2 rings (SSSR count). The van der Waals surface area contributed by atoms with Gasteiger partial charge in [-0.2, -0.15) is 11.8 Å². The second kappa shape index (κ2) is 5.89. The largest absolute Gasteiger partial charge is 0.379 e. The van der Waals surface area contributed by atoms with E-state index >= 15 is 0 Å². The molecule has 0 radical (unpaired) electrons. The van der Waals surface area contributed by atoms with Gasteiger partial charge in [0.2, 0.25) is 5.91 Å². The van der Waals surface area contributed by atoms with Crippen molar-refractivity contribution in [2.24, 2.45) is 11.8 Å². The molecule has 0 spiro atoms. The van der Waals surface area contributed by atoms with Crippen molar-refractivity contribution in [2.75, 3.05) is 38.3 Å². The summed E-state index contributed by atoms with van der Waals surface area (Å²) in [6.07, 6.45) is 1.24. The first-order valence-corrected chi connectivity index (χ1v) is 7.07. The van der Waals surface area contributed by atoms with E-state index in [0.29, 0.717) is 19.1 Å². The predicted molar refractivity (Wildman–Crippen MR) is 65.6 cm³/mol. The minimum atomic E-state index is -0.0148. The lowest BCUT2D eigenvalue weighted by molar-refractivity contribution is -0.125. The van der Waals surface area contributed by atoms with Gasteiger partial charge in [-0.05, 0) is 30.9 Å². The van der Waals surface area contributed by atoms with E-state index in [4.69, 9.17) is 4.74 Å². The number of hydrogen-bond donors (Lipinski definition) is 2. The fraction of sp³-hybridized carbons (Fsp3) is 0.909. The van der Waals surface area contributed by atoms with Gasteiger partial charge in [-0.25, -0.2) is 0 Å². The van der Waals surface area contributed by atoms with Crippen molar-refractivity contribution < 1.29 is 9.53 Å². The van der Waals surface area contributed by atoms with E-state index in [1.807, 2.05) is 18.8 Å². The fourth-order valence-electron chi connectivity index (χ4n) is 2.22. The molecular formula is C11H20N2O2S. The molecular weight excluding hydrogens is 224 g/mol. The van der Waals surface area contributed by atoms with Gasteiger partial charge in [0.15, 0.2) is 0 Å². The van der Waals surface area contributed by atoms with Crippen LogP contribution in [0.4, 0.5) is 0 Å². The molecule has 0 aromatic rings. The molecule has 1 amide bonds. The Hall–Kier alpha value is -0.260. The molecule has 16 heavy (non-hydrogen) atoms. The molecule has 0 saturated carbocycles. The third-order valence-electron chi connectivity index (χ3n) is 3.38. The third-order valence-corrected chi connectivity index (χ3v) is 4.61. The van der Waals surface area contributed by atoms with Crippen molar-refractivity contribution in [1.82, 2.24) is 10.6 Å². The summed E-state index contributed by atoms with van der Waals surface area (Å²) in [5, 5.41) is 6.19. The van der Waals surface area contributed by atoms with Crippen LogP contribution in [0.25, 0.3) is 0 Å². The topological polar surface area (TPSA) is 50.4 Å². The standard InChI is InChI=1S/C11H20N2O2S/c1-12-10-6-15-5-9(10)11(14)13-4-8-2-3-16-7-8/h8-10,12H,2-7H2,1H3,(H,13,14). The van der Waals surface area contributed by atoms with Crippen molar-refractivity contribution in [1.29, 1.82) is 0 Å². The molecule has 2 N–H and O–H groups in total. The number of thioether (sulfide) groups is 1. The first-order valence-electron chi connectivity index (χ1n) is 5.91. The van der Waals surface area contributed by atoms with Crippen LogP contribution in [0, 0.1) is 11.8 Å². The molecule has 3 unspecified atom stereocenters. The Balaban J connectivity index is 1.74. The Labute approximate surface area is 101 Å². The lowest BCUT2D eigenvalue weighted by Gasteiger charge is -2.17. The average Bonchev–Trinajstić information content (AvgIpc) is 2.96. The molecule has 2 fully saturated rings. The highest BCUT2D eigenvalue weighted by Gasteiger charge is 2.33. The van der Waals surface area contributed by atoms with Crippen molar-refractivity contribution in [3.05, 3.63) is 0 Å². The first-order chi connectivity index (χ1) is 7.81. The SMILES string of the molecule is CNC1COCC1C(=O)NCC1CCSC1. The molecule has 2 aliphatic rings. The normalized spacial score (nSPS) is 34.2. The van der Waals surface area contributed by atoms with Gasteiger partial charge in [-0.1, -0.05) is 0 Å². The van der Waals surface area contributed by atoms with Gasteiger partial charge in [0.05, 0.1) is 19.1 Å². The molecule has 0 aromatic carbocycles. The van der Waals surface area contributed by atoms with Crippen LogP contribution >= 0.6 is 11.8 Å². The monoisotopic (exact) mass is 244 g/mol. The summed E-state index contributed by atoms with van der Waals surface area (Å²) in [6.45, 7) is 2.03. The quantitative estimate of drug-likeness (QED) is 0.736. The van der Waals surface area contributed by atoms with E-state index in [1.165, 1.54) is 17.9 Å². The molecule has 4 nitrogen and oxygen atoms in total. The second-order valence-corrected chi connectivity index (χ2v) is 5.66. The fourth-order valence-corrected chi connectivity index (χ4v) is 3.50. The zero-order chi connectivity index (χ0) is 11.4. The predicted octanol–water partition coefficient (Wildman–Crippen LogP) is 0.0901. The van der Waals surface area contributed by atoms with Gasteiger partial charge in [0.25, 0.3) is 0 Å². The summed E-state index contributed by atoms with van der Waals surface area (Å²) in [4.78, 5) is 11.9. The maximum Gasteiger partial charge on any atom is 0.227 e. The summed E-state index contributed by atoms with van der Waals surface area (Å²) in [5.74, 6) is 3.24. The Morgan fingerprint density at radius 2 is 2.38 bits per heavy atom. The van der Waals surface area contributed by atoms with Crippen LogP contribution < -0.4 is 10.6 Å². The van der Waals surface area contributed by atoms with Crippen molar-refractivity contribution >= 4 is 17.7 Å². The molecule has 0 aliphatic carbocycles. The van der Waals surface area contributed by atoms with E-state index in [0.717, 1.165) is 6.54 Å². The Morgan fingerprint density at radius 1 is 1.50 bits per heavy atom. The van der Waals surface area contributed by atoms with Crippen LogP contribution in [-0.2, 0) is 9.53 Å². The van der Waals surface area contributed by atoms with Crippen LogP contribution in [0.2, 0.25) is 0 Å². The highest BCUT2D eigenvalue weighted by Crippen LogP contribution is 2.22. The average molecular weight is 244 g/mol. The van der Waals surface area contributed by atoms with E-state index in [9.17, 15) is 4.79 Å².